The van der Waals surface area contributed by atoms with E-state index in [-0.39, 0.29) is 11.5 Å². The second kappa shape index (κ2) is 6.53. The Morgan fingerprint density at radius 1 is 0.952 bits per heavy atom. The van der Waals surface area contributed by atoms with Gasteiger partial charge < -0.3 is 4.74 Å². The van der Waals surface area contributed by atoms with Crippen LogP contribution in [0.3, 0.4) is 0 Å². The molecule has 21 heavy (non-hydrogen) atoms. The summed E-state index contributed by atoms with van der Waals surface area (Å²) in [4.78, 5) is 0. The summed E-state index contributed by atoms with van der Waals surface area (Å²) in [5.74, 6) is 0.871. The molecule has 0 aliphatic carbocycles. The maximum Gasteiger partial charge on any atom is 0.120 e. The van der Waals surface area contributed by atoms with Crippen LogP contribution in [0.25, 0.3) is 0 Å². The molecule has 0 aliphatic heterocycles. The summed E-state index contributed by atoms with van der Waals surface area (Å²) in [6.45, 7) is 10.4. The molecular weight excluding hydrogens is 280 g/mol. The lowest BCUT2D eigenvalue weighted by atomic mass is 9.94. The fourth-order valence-electron chi connectivity index (χ4n) is 2.78. The highest BCUT2D eigenvalue weighted by Gasteiger charge is 2.16. The van der Waals surface area contributed by atoms with Crippen molar-refractivity contribution in [3.63, 3.8) is 0 Å². The Labute approximate surface area is 132 Å². The fraction of sp³-hybridized carbons (Fsp3) is 0.368. The van der Waals surface area contributed by atoms with E-state index >= 15 is 0 Å². The van der Waals surface area contributed by atoms with Crippen LogP contribution in [-0.4, -0.2) is 6.10 Å². The molecule has 0 aromatic heterocycles. The standard InChI is InChI=1S/C19H23ClO/c1-12(2)21-17-8-6-7-16(11-17)19(20)18-14(4)9-13(3)10-15(18)5/h6-12,19H,1-5H3. The monoisotopic (exact) mass is 302 g/mol. The first-order chi connectivity index (χ1) is 9.88. The summed E-state index contributed by atoms with van der Waals surface area (Å²) in [7, 11) is 0. The number of hydrogen-bond acceptors (Lipinski definition) is 1. The van der Waals surface area contributed by atoms with Crippen LogP contribution in [0.4, 0.5) is 0 Å². The molecule has 0 radical (unpaired) electrons. The molecule has 0 N–H and O–H groups in total. The molecule has 2 rings (SSSR count). The minimum absolute atomic E-state index is 0.152. The van der Waals surface area contributed by atoms with Gasteiger partial charge in [0.05, 0.1) is 11.5 Å². The van der Waals surface area contributed by atoms with Gasteiger partial charge in [0.1, 0.15) is 5.75 Å². The molecule has 0 saturated heterocycles. The smallest absolute Gasteiger partial charge is 0.120 e. The number of alkyl halides is 1. The van der Waals surface area contributed by atoms with Crippen LogP contribution >= 0.6 is 11.6 Å². The number of ether oxygens (including phenoxy) is 1. The van der Waals surface area contributed by atoms with Gasteiger partial charge in [-0.1, -0.05) is 29.8 Å². The van der Waals surface area contributed by atoms with E-state index in [0.717, 1.165) is 11.3 Å². The number of aryl methyl sites for hydroxylation is 3. The third kappa shape index (κ3) is 3.79. The number of benzene rings is 2. The van der Waals surface area contributed by atoms with E-state index in [4.69, 9.17) is 16.3 Å². The van der Waals surface area contributed by atoms with Gasteiger partial charge in [-0.05, 0) is 69.0 Å². The third-order valence-electron chi connectivity index (χ3n) is 3.51. The van der Waals surface area contributed by atoms with E-state index in [1.165, 1.54) is 22.3 Å². The summed E-state index contributed by atoms with van der Waals surface area (Å²) < 4.78 is 5.76. The highest BCUT2D eigenvalue weighted by atomic mass is 35.5. The van der Waals surface area contributed by atoms with Crippen molar-refractivity contribution in [3.05, 3.63) is 64.2 Å². The van der Waals surface area contributed by atoms with Gasteiger partial charge in [0.2, 0.25) is 0 Å². The van der Waals surface area contributed by atoms with E-state index in [0.29, 0.717) is 0 Å². The van der Waals surface area contributed by atoms with Crippen LogP contribution in [0.5, 0.6) is 5.75 Å². The van der Waals surface area contributed by atoms with Crippen molar-refractivity contribution < 1.29 is 4.74 Å². The molecule has 0 amide bonds. The highest BCUT2D eigenvalue weighted by molar-refractivity contribution is 6.22. The minimum Gasteiger partial charge on any atom is -0.491 e. The molecule has 1 nitrogen and oxygen atoms in total. The molecule has 0 bridgehead atoms. The first kappa shape index (κ1) is 15.9. The zero-order valence-electron chi connectivity index (χ0n) is 13.4. The number of rotatable bonds is 4. The van der Waals surface area contributed by atoms with Crippen molar-refractivity contribution in [2.75, 3.05) is 0 Å². The number of hydrogen-bond donors (Lipinski definition) is 0. The van der Waals surface area contributed by atoms with Crippen LogP contribution in [-0.2, 0) is 0 Å². The van der Waals surface area contributed by atoms with Crippen molar-refractivity contribution in [2.45, 2.75) is 46.1 Å². The topological polar surface area (TPSA) is 9.23 Å². The predicted molar refractivity (Wildman–Crippen MR) is 90.6 cm³/mol. The average Bonchev–Trinajstić information content (AvgIpc) is 2.36. The van der Waals surface area contributed by atoms with Crippen molar-refractivity contribution in [1.29, 1.82) is 0 Å². The van der Waals surface area contributed by atoms with Gasteiger partial charge in [-0.25, -0.2) is 0 Å². The minimum atomic E-state index is -0.152. The molecule has 0 heterocycles. The number of halogens is 1. The normalized spacial score (nSPS) is 12.5. The van der Waals surface area contributed by atoms with Crippen LogP contribution in [0.15, 0.2) is 36.4 Å². The van der Waals surface area contributed by atoms with Crippen molar-refractivity contribution in [1.82, 2.24) is 0 Å². The molecule has 2 aromatic carbocycles. The Morgan fingerprint density at radius 3 is 2.14 bits per heavy atom. The molecule has 2 aromatic rings. The van der Waals surface area contributed by atoms with Crippen LogP contribution in [0.2, 0.25) is 0 Å². The summed E-state index contributed by atoms with van der Waals surface area (Å²) >= 11 is 6.75. The molecule has 0 fully saturated rings. The van der Waals surface area contributed by atoms with Gasteiger partial charge in [0.15, 0.2) is 0 Å². The van der Waals surface area contributed by atoms with Gasteiger partial charge in [-0.3, -0.25) is 0 Å². The maximum absolute atomic E-state index is 6.75. The SMILES string of the molecule is Cc1cc(C)c(C(Cl)c2cccc(OC(C)C)c2)c(C)c1. The van der Waals surface area contributed by atoms with E-state index in [1.54, 1.807) is 0 Å². The van der Waals surface area contributed by atoms with Crippen molar-refractivity contribution in [2.24, 2.45) is 0 Å². The Kier molecular flexibility index (Phi) is 4.95. The average molecular weight is 303 g/mol. The lowest BCUT2D eigenvalue weighted by Gasteiger charge is -2.18. The van der Waals surface area contributed by atoms with Crippen LogP contribution in [0, 0.1) is 20.8 Å². The Hall–Kier alpha value is -1.47. The first-order valence-electron chi connectivity index (χ1n) is 7.37. The Bertz CT molecular complexity index is 608. The second-order valence-corrected chi connectivity index (χ2v) is 6.35. The van der Waals surface area contributed by atoms with Crippen LogP contribution in [0.1, 0.15) is 47.0 Å². The van der Waals surface area contributed by atoms with Gasteiger partial charge in [-0.2, -0.15) is 0 Å². The first-order valence-corrected chi connectivity index (χ1v) is 7.80. The molecule has 1 atom stereocenters. The fourth-order valence-corrected chi connectivity index (χ4v) is 3.26. The summed E-state index contributed by atoms with van der Waals surface area (Å²) in [5.41, 5.74) is 6.02. The van der Waals surface area contributed by atoms with Gasteiger partial charge in [0.25, 0.3) is 0 Å². The van der Waals surface area contributed by atoms with Gasteiger partial charge >= 0.3 is 0 Å². The Balaban J connectivity index is 2.38. The van der Waals surface area contributed by atoms with Gasteiger partial charge in [-0.15, -0.1) is 11.6 Å². The van der Waals surface area contributed by atoms with Crippen LogP contribution < -0.4 is 4.74 Å². The summed E-state index contributed by atoms with van der Waals surface area (Å²) in [5, 5.41) is -0.152. The predicted octanol–water partition coefficient (Wildman–Crippen LogP) is 5.73. The second-order valence-electron chi connectivity index (χ2n) is 5.91. The molecule has 0 saturated carbocycles. The van der Waals surface area contributed by atoms with E-state index in [1.807, 2.05) is 32.0 Å². The zero-order chi connectivity index (χ0) is 15.6. The van der Waals surface area contributed by atoms with Gasteiger partial charge in [0, 0.05) is 0 Å². The molecular formula is C19H23ClO. The van der Waals surface area contributed by atoms with E-state index in [2.05, 4.69) is 39.0 Å². The molecule has 0 aliphatic rings. The molecule has 112 valence electrons. The maximum atomic E-state index is 6.75. The summed E-state index contributed by atoms with van der Waals surface area (Å²) in [6.07, 6.45) is 0.164. The lowest BCUT2D eigenvalue weighted by molar-refractivity contribution is 0.242. The summed E-state index contributed by atoms with van der Waals surface area (Å²) in [6, 6.07) is 12.4. The third-order valence-corrected chi connectivity index (χ3v) is 3.98. The lowest BCUT2D eigenvalue weighted by Crippen LogP contribution is -2.06. The largest absolute Gasteiger partial charge is 0.491 e. The zero-order valence-corrected chi connectivity index (χ0v) is 14.2. The molecule has 0 spiro atoms. The van der Waals surface area contributed by atoms with Crippen molar-refractivity contribution in [3.8, 4) is 5.75 Å². The Morgan fingerprint density at radius 2 is 1.57 bits per heavy atom. The van der Waals surface area contributed by atoms with E-state index < -0.39 is 0 Å². The van der Waals surface area contributed by atoms with Crippen molar-refractivity contribution >= 4 is 11.6 Å². The molecule has 1 unspecified atom stereocenters. The highest BCUT2D eigenvalue weighted by Crippen LogP contribution is 2.35. The quantitative estimate of drug-likeness (QED) is 0.656. The van der Waals surface area contributed by atoms with E-state index in [9.17, 15) is 0 Å². The molecule has 2 heteroatoms.